The van der Waals surface area contributed by atoms with Gasteiger partial charge in [0.05, 0.1) is 5.92 Å². The lowest BCUT2D eigenvalue weighted by atomic mass is 10.0. The highest BCUT2D eigenvalue weighted by molar-refractivity contribution is 6.03. The van der Waals surface area contributed by atoms with Crippen LogP contribution in [0.1, 0.15) is 85.0 Å². The quantitative estimate of drug-likeness (QED) is 0.310. The average molecular weight is 307 g/mol. The Morgan fingerprint density at radius 3 is 2.27 bits per heavy atom. The molecule has 0 radical (unpaired) electrons. The van der Waals surface area contributed by atoms with Crippen molar-refractivity contribution in [2.45, 2.75) is 91.0 Å². The first-order valence-electron chi connectivity index (χ1n) is 9.08. The molecule has 22 heavy (non-hydrogen) atoms. The van der Waals surface area contributed by atoms with E-state index in [1.807, 2.05) is 13.8 Å². The molecule has 1 unspecified atom stereocenters. The van der Waals surface area contributed by atoms with Crippen molar-refractivity contribution < 1.29 is 9.59 Å². The minimum atomic E-state index is -0.125. The molecule has 3 nitrogen and oxygen atoms in total. The van der Waals surface area contributed by atoms with Crippen molar-refractivity contribution in [1.29, 1.82) is 0 Å². The van der Waals surface area contributed by atoms with Crippen LogP contribution >= 0.6 is 0 Å². The summed E-state index contributed by atoms with van der Waals surface area (Å²) in [5, 5.41) is 0. The first kappa shape index (κ1) is 18.9. The monoisotopic (exact) mass is 307 g/mol. The third-order valence-electron chi connectivity index (χ3n) is 4.35. The summed E-state index contributed by atoms with van der Waals surface area (Å²) in [7, 11) is 0. The standard InChI is InChI=1S/C19H33NO2/c1-4-5-6-7-8-9-10-11-12-13-14-17-15-18(21)20(16(2)3)19(17)22/h12-13,16-17H,4-11,14-15H2,1-3H3/b13-12-. The molecule has 1 aliphatic rings. The van der Waals surface area contributed by atoms with E-state index in [0.29, 0.717) is 12.8 Å². The van der Waals surface area contributed by atoms with Gasteiger partial charge >= 0.3 is 0 Å². The molecule has 3 heteroatoms. The summed E-state index contributed by atoms with van der Waals surface area (Å²) in [6.07, 6.45) is 15.7. The van der Waals surface area contributed by atoms with Crippen LogP contribution in [0.15, 0.2) is 12.2 Å². The lowest BCUT2D eigenvalue weighted by Crippen LogP contribution is -2.36. The SMILES string of the molecule is CCCCCCCCC/C=C\CC1CC(=O)N(C(C)C)C1=O. The Morgan fingerprint density at radius 1 is 1.05 bits per heavy atom. The molecule has 1 rings (SSSR count). The Balaban J connectivity index is 2.11. The van der Waals surface area contributed by atoms with Gasteiger partial charge in [-0.25, -0.2) is 0 Å². The van der Waals surface area contributed by atoms with Crippen LogP contribution in [0.4, 0.5) is 0 Å². The maximum absolute atomic E-state index is 12.1. The first-order valence-corrected chi connectivity index (χ1v) is 9.08. The molecule has 0 aromatic heterocycles. The van der Waals surface area contributed by atoms with Gasteiger partial charge in [0.25, 0.3) is 0 Å². The van der Waals surface area contributed by atoms with Crippen molar-refractivity contribution in [2.75, 3.05) is 0 Å². The minimum absolute atomic E-state index is 0.00882. The third kappa shape index (κ3) is 6.33. The topological polar surface area (TPSA) is 37.4 Å². The van der Waals surface area contributed by atoms with Crippen molar-refractivity contribution in [3.8, 4) is 0 Å². The number of unbranched alkanes of at least 4 members (excludes halogenated alkanes) is 7. The summed E-state index contributed by atoms with van der Waals surface area (Å²) in [5.41, 5.74) is 0. The van der Waals surface area contributed by atoms with E-state index in [1.165, 1.54) is 49.8 Å². The molecule has 0 N–H and O–H groups in total. The predicted molar refractivity (Wildman–Crippen MR) is 91.5 cm³/mol. The van der Waals surface area contributed by atoms with Crippen molar-refractivity contribution in [2.24, 2.45) is 5.92 Å². The van der Waals surface area contributed by atoms with Crippen molar-refractivity contribution >= 4 is 11.8 Å². The maximum atomic E-state index is 12.1. The summed E-state index contributed by atoms with van der Waals surface area (Å²) < 4.78 is 0. The molecule has 2 amide bonds. The molecule has 0 aromatic carbocycles. The maximum Gasteiger partial charge on any atom is 0.233 e. The van der Waals surface area contributed by atoms with Crippen LogP contribution in [-0.4, -0.2) is 22.8 Å². The van der Waals surface area contributed by atoms with E-state index >= 15 is 0 Å². The highest BCUT2D eigenvalue weighted by Gasteiger charge is 2.38. The number of carbonyl (C=O) groups excluding carboxylic acids is 2. The molecule has 0 bridgehead atoms. The summed E-state index contributed by atoms with van der Waals surface area (Å²) in [5.74, 6) is -0.119. The van der Waals surface area contributed by atoms with Crippen molar-refractivity contribution in [3.05, 3.63) is 12.2 Å². The van der Waals surface area contributed by atoms with E-state index in [9.17, 15) is 9.59 Å². The Kier molecular flexibility index (Phi) is 9.10. The fourth-order valence-corrected chi connectivity index (χ4v) is 3.04. The molecule has 126 valence electrons. The number of carbonyl (C=O) groups is 2. The molecule has 1 saturated heterocycles. The Labute approximate surface area is 136 Å². The van der Waals surface area contributed by atoms with Crippen molar-refractivity contribution in [3.63, 3.8) is 0 Å². The van der Waals surface area contributed by atoms with E-state index < -0.39 is 0 Å². The van der Waals surface area contributed by atoms with Crippen LogP contribution in [0.25, 0.3) is 0 Å². The number of rotatable bonds is 11. The summed E-state index contributed by atoms with van der Waals surface area (Å²) in [4.78, 5) is 25.3. The van der Waals surface area contributed by atoms with Crippen LogP contribution in [0.5, 0.6) is 0 Å². The van der Waals surface area contributed by atoms with Gasteiger partial charge in [0.15, 0.2) is 0 Å². The molecule has 0 aliphatic carbocycles. The van der Waals surface area contributed by atoms with Gasteiger partial charge in [0.1, 0.15) is 0 Å². The zero-order valence-corrected chi connectivity index (χ0v) is 14.6. The van der Waals surface area contributed by atoms with Crippen LogP contribution in [-0.2, 0) is 9.59 Å². The van der Waals surface area contributed by atoms with Gasteiger partial charge in [-0.15, -0.1) is 0 Å². The van der Waals surface area contributed by atoms with Crippen LogP contribution in [0, 0.1) is 5.92 Å². The molecule has 1 fully saturated rings. The van der Waals surface area contributed by atoms with E-state index in [-0.39, 0.29) is 23.8 Å². The highest BCUT2D eigenvalue weighted by Crippen LogP contribution is 2.25. The lowest BCUT2D eigenvalue weighted by Gasteiger charge is -2.18. The van der Waals surface area contributed by atoms with Gasteiger partial charge in [-0.3, -0.25) is 14.5 Å². The summed E-state index contributed by atoms with van der Waals surface area (Å²) >= 11 is 0. The summed E-state index contributed by atoms with van der Waals surface area (Å²) in [6, 6.07) is -0.0123. The zero-order valence-electron chi connectivity index (χ0n) is 14.6. The number of hydrogen-bond donors (Lipinski definition) is 0. The van der Waals surface area contributed by atoms with Gasteiger partial charge in [-0.2, -0.15) is 0 Å². The van der Waals surface area contributed by atoms with E-state index in [4.69, 9.17) is 0 Å². The smallest absolute Gasteiger partial charge is 0.233 e. The number of imide groups is 1. The second kappa shape index (κ2) is 10.6. The number of nitrogens with zero attached hydrogens (tertiary/aromatic N) is 1. The van der Waals surface area contributed by atoms with E-state index in [0.717, 1.165) is 6.42 Å². The largest absolute Gasteiger partial charge is 0.280 e. The van der Waals surface area contributed by atoms with Gasteiger partial charge in [-0.05, 0) is 33.1 Å². The van der Waals surface area contributed by atoms with E-state index in [1.54, 1.807) is 0 Å². The number of hydrogen-bond acceptors (Lipinski definition) is 2. The molecule has 0 spiro atoms. The molecule has 1 atom stereocenters. The normalized spacial score (nSPS) is 19.1. The zero-order chi connectivity index (χ0) is 16.4. The van der Waals surface area contributed by atoms with Gasteiger partial charge < -0.3 is 0 Å². The van der Waals surface area contributed by atoms with E-state index in [2.05, 4.69) is 19.1 Å². The number of allylic oxidation sites excluding steroid dienone is 2. The highest BCUT2D eigenvalue weighted by atomic mass is 16.2. The lowest BCUT2D eigenvalue weighted by molar-refractivity contribution is -0.141. The third-order valence-corrected chi connectivity index (χ3v) is 4.35. The fraction of sp³-hybridized carbons (Fsp3) is 0.789. The minimum Gasteiger partial charge on any atom is -0.280 e. The molecular weight excluding hydrogens is 274 g/mol. The van der Waals surface area contributed by atoms with Crippen LogP contribution < -0.4 is 0 Å². The van der Waals surface area contributed by atoms with Gasteiger partial charge in [0, 0.05) is 12.5 Å². The molecular formula is C19H33NO2. The van der Waals surface area contributed by atoms with Gasteiger partial charge in [-0.1, -0.05) is 57.6 Å². The molecule has 0 aromatic rings. The fourth-order valence-electron chi connectivity index (χ4n) is 3.04. The second-order valence-electron chi connectivity index (χ2n) is 6.71. The molecule has 1 heterocycles. The van der Waals surface area contributed by atoms with Gasteiger partial charge in [0.2, 0.25) is 11.8 Å². The second-order valence-corrected chi connectivity index (χ2v) is 6.71. The average Bonchev–Trinajstić information content (AvgIpc) is 2.75. The van der Waals surface area contributed by atoms with Crippen LogP contribution in [0.2, 0.25) is 0 Å². The van der Waals surface area contributed by atoms with Crippen molar-refractivity contribution in [1.82, 2.24) is 4.90 Å². The Morgan fingerprint density at radius 2 is 1.68 bits per heavy atom. The Bertz CT molecular complexity index is 374. The predicted octanol–water partition coefficient (Wildman–Crippen LogP) is 4.86. The number of amides is 2. The summed E-state index contributed by atoms with van der Waals surface area (Å²) in [6.45, 7) is 6.04. The first-order chi connectivity index (χ1) is 10.6. The number of likely N-dealkylation sites (tertiary alicyclic amines) is 1. The Hall–Kier alpha value is -1.12. The molecule has 0 saturated carbocycles. The van der Waals surface area contributed by atoms with Crippen LogP contribution in [0.3, 0.4) is 0 Å². The molecule has 1 aliphatic heterocycles.